The number of rotatable bonds is 7. The fourth-order valence-electron chi connectivity index (χ4n) is 5.14. The first-order chi connectivity index (χ1) is 19.5. The lowest BCUT2D eigenvalue weighted by molar-refractivity contribution is -0.136. The summed E-state index contributed by atoms with van der Waals surface area (Å²) in [7, 11) is 1.34. The molecule has 2 aromatic heterocycles. The highest BCUT2D eigenvalue weighted by molar-refractivity contribution is 7.07. The zero-order valence-electron chi connectivity index (χ0n) is 22.1. The molecule has 200 valence electrons. The number of fused-ring (bicyclic) bond motifs is 2. The van der Waals surface area contributed by atoms with Gasteiger partial charge in [0.1, 0.15) is 12.4 Å². The van der Waals surface area contributed by atoms with Crippen LogP contribution < -0.4 is 19.6 Å². The van der Waals surface area contributed by atoms with Gasteiger partial charge in [-0.1, -0.05) is 78.1 Å². The minimum Gasteiger partial charge on any atom is -0.492 e. The van der Waals surface area contributed by atoms with Crippen molar-refractivity contribution in [3.8, 4) is 5.75 Å². The van der Waals surface area contributed by atoms with E-state index in [0.717, 1.165) is 27.8 Å². The number of carbonyl (C=O) groups is 1. The van der Waals surface area contributed by atoms with E-state index < -0.39 is 12.0 Å². The maximum Gasteiger partial charge on any atom is 0.338 e. The van der Waals surface area contributed by atoms with E-state index in [1.165, 1.54) is 18.4 Å². The van der Waals surface area contributed by atoms with E-state index >= 15 is 0 Å². The smallest absolute Gasteiger partial charge is 0.338 e. The number of thiazole rings is 1. The van der Waals surface area contributed by atoms with Crippen LogP contribution >= 0.6 is 11.3 Å². The number of benzene rings is 3. The van der Waals surface area contributed by atoms with Crippen molar-refractivity contribution in [1.29, 1.82) is 0 Å². The summed E-state index contributed by atoms with van der Waals surface area (Å²) >= 11 is 1.32. The van der Waals surface area contributed by atoms with Crippen molar-refractivity contribution < 1.29 is 14.3 Å². The van der Waals surface area contributed by atoms with Crippen LogP contribution in [0.15, 0.2) is 112 Å². The molecule has 3 aromatic carbocycles. The molecule has 0 amide bonds. The molecular weight excluding hydrogens is 522 g/mol. The third kappa shape index (κ3) is 4.67. The molecule has 40 heavy (non-hydrogen) atoms. The third-order valence-electron chi connectivity index (χ3n) is 6.99. The molecule has 5 aromatic rings. The highest BCUT2D eigenvalue weighted by Crippen LogP contribution is 2.30. The largest absolute Gasteiger partial charge is 0.492 e. The molecular formula is C32H27N3O4S. The molecule has 0 radical (unpaired) electrons. The standard InChI is InChI=1S/C32H27N3O4S/c1-21-28(31(37)38-2)29(22-11-5-3-6-12-22)35-30(36)27(40-32(35)33-21)19-23-20-34(26-16-10-9-15-25(23)26)17-18-39-24-13-7-4-8-14-24/h3-16,19-20,29H,17-18H2,1-2H3. The first-order valence-electron chi connectivity index (χ1n) is 13.0. The molecule has 0 spiro atoms. The van der Waals surface area contributed by atoms with Gasteiger partial charge in [-0.15, -0.1) is 0 Å². The van der Waals surface area contributed by atoms with E-state index in [9.17, 15) is 9.59 Å². The minimum absolute atomic E-state index is 0.198. The summed E-state index contributed by atoms with van der Waals surface area (Å²) in [5, 5.41) is 1.04. The number of allylic oxidation sites excluding steroid dienone is 1. The van der Waals surface area contributed by atoms with Gasteiger partial charge in [-0.25, -0.2) is 9.79 Å². The van der Waals surface area contributed by atoms with Gasteiger partial charge in [-0.05, 0) is 36.8 Å². The summed E-state index contributed by atoms with van der Waals surface area (Å²) in [5.41, 5.74) is 3.52. The lowest BCUT2D eigenvalue weighted by Crippen LogP contribution is -2.39. The molecule has 0 fully saturated rings. The van der Waals surface area contributed by atoms with Crippen LogP contribution in [-0.4, -0.2) is 28.8 Å². The van der Waals surface area contributed by atoms with Crippen molar-refractivity contribution in [2.75, 3.05) is 13.7 Å². The van der Waals surface area contributed by atoms with Crippen molar-refractivity contribution in [3.63, 3.8) is 0 Å². The summed E-state index contributed by atoms with van der Waals surface area (Å²) in [6, 6.07) is 26.8. The van der Waals surface area contributed by atoms with Crippen LogP contribution in [-0.2, 0) is 16.1 Å². The Bertz CT molecular complexity index is 1920. The van der Waals surface area contributed by atoms with Gasteiger partial charge >= 0.3 is 5.97 Å². The summed E-state index contributed by atoms with van der Waals surface area (Å²) < 4.78 is 15.3. The van der Waals surface area contributed by atoms with Crippen LogP contribution in [0.4, 0.5) is 0 Å². The van der Waals surface area contributed by atoms with Gasteiger partial charge in [0.15, 0.2) is 4.80 Å². The van der Waals surface area contributed by atoms with Gasteiger partial charge in [0.05, 0.1) is 35.5 Å². The Morgan fingerprint density at radius 3 is 2.45 bits per heavy atom. The molecule has 0 saturated heterocycles. The number of aromatic nitrogens is 2. The van der Waals surface area contributed by atoms with E-state index in [-0.39, 0.29) is 5.56 Å². The molecule has 1 aliphatic rings. The average Bonchev–Trinajstić information content (AvgIpc) is 3.49. The van der Waals surface area contributed by atoms with Crippen molar-refractivity contribution in [1.82, 2.24) is 9.13 Å². The number of ether oxygens (including phenoxy) is 2. The zero-order chi connectivity index (χ0) is 27.6. The number of carbonyl (C=O) groups excluding carboxylic acids is 1. The van der Waals surface area contributed by atoms with Crippen molar-refractivity contribution in [2.24, 2.45) is 4.99 Å². The summed E-state index contributed by atoms with van der Waals surface area (Å²) in [4.78, 5) is 32.0. The molecule has 1 atom stereocenters. The first-order valence-corrected chi connectivity index (χ1v) is 13.8. The van der Waals surface area contributed by atoms with Crippen LogP contribution in [0.2, 0.25) is 0 Å². The van der Waals surface area contributed by atoms with Gasteiger partial charge in [0.2, 0.25) is 0 Å². The predicted octanol–water partition coefficient (Wildman–Crippen LogP) is 4.44. The van der Waals surface area contributed by atoms with Gasteiger partial charge in [-0.3, -0.25) is 9.36 Å². The van der Waals surface area contributed by atoms with Gasteiger partial charge < -0.3 is 14.0 Å². The Hall–Kier alpha value is -4.69. The normalized spacial score (nSPS) is 15.2. The van der Waals surface area contributed by atoms with Crippen LogP contribution in [0.3, 0.4) is 0 Å². The molecule has 0 saturated carbocycles. The van der Waals surface area contributed by atoms with Crippen molar-refractivity contribution >= 4 is 34.3 Å². The molecule has 0 N–H and O–H groups in total. The van der Waals surface area contributed by atoms with E-state index in [0.29, 0.717) is 33.8 Å². The molecule has 6 rings (SSSR count). The van der Waals surface area contributed by atoms with Crippen LogP contribution in [0.5, 0.6) is 5.75 Å². The van der Waals surface area contributed by atoms with Gasteiger partial charge in [-0.2, -0.15) is 0 Å². The average molecular weight is 550 g/mol. The molecule has 1 unspecified atom stereocenters. The minimum atomic E-state index is -0.622. The lowest BCUT2D eigenvalue weighted by Gasteiger charge is -2.24. The van der Waals surface area contributed by atoms with E-state index in [1.54, 1.807) is 11.5 Å². The van der Waals surface area contributed by atoms with Crippen molar-refractivity contribution in [2.45, 2.75) is 19.5 Å². The second-order valence-corrected chi connectivity index (χ2v) is 10.4. The molecule has 0 aliphatic carbocycles. The number of methoxy groups -OCH3 is 1. The van der Waals surface area contributed by atoms with Gasteiger partial charge in [0.25, 0.3) is 5.56 Å². The highest BCUT2D eigenvalue weighted by atomic mass is 32.1. The number of hydrogen-bond donors (Lipinski definition) is 0. The zero-order valence-corrected chi connectivity index (χ0v) is 22.9. The lowest BCUT2D eigenvalue weighted by atomic mass is 9.96. The fraction of sp³-hybridized carbons (Fsp3) is 0.156. The topological polar surface area (TPSA) is 74.8 Å². The van der Waals surface area contributed by atoms with Crippen LogP contribution in [0.1, 0.15) is 24.1 Å². The number of para-hydroxylation sites is 2. The van der Waals surface area contributed by atoms with E-state index in [2.05, 4.69) is 27.9 Å². The quantitative estimate of drug-likeness (QED) is 0.281. The molecule has 3 heterocycles. The maximum atomic E-state index is 13.9. The second-order valence-electron chi connectivity index (χ2n) is 9.44. The summed E-state index contributed by atoms with van der Waals surface area (Å²) in [6.07, 6.45) is 3.97. The Balaban J connectivity index is 1.43. The third-order valence-corrected chi connectivity index (χ3v) is 7.98. The SMILES string of the molecule is COC(=O)C1=C(C)N=c2sc(=Cc3cn(CCOc4ccccc4)c4ccccc34)c(=O)n2C1c1ccccc1. The van der Waals surface area contributed by atoms with Gasteiger partial charge in [0, 0.05) is 22.7 Å². The molecule has 1 aliphatic heterocycles. The number of hydrogen-bond acceptors (Lipinski definition) is 6. The van der Waals surface area contributed by atoms with E-state index in [4.69, 9.17) is 9.47 Å². The second kappa shape index (κ2) is 10.8. The first kappa shape index (κ1) is 25.6. The number of nitrogens with zero attached hydrogens (tertiary/aromatic N) is 3. The Labute approximate surface area is 234 Å². The van der Waals surface area contributed by atoms with Crippen LogP contribution in [0, 0.1) is 0 Å². The summed E-state index contributed by atoms with van der Waals surface area (Å²) in [5.74, 6) is 0.333. The highest BCUT2D eigenvalue weighted by Gasteiger charge is 2.32. The van der Waals surface area contributed by atoms with E-state index in [1.807, 2.05) is 78.9 Å². The predicted molar refractivity (Wildman–Crippen MR) is 156 cm³/mol. The molecule has 8 heteroatoms. The van der Waals surface area contributed by atoms with Crippen molar-refractivity contribution in [3.05, 3.63) is 133 Å². The monoisotopic (exact) mass is 549 g/mol. The van der Waals surface area contributed by atoms with Crippen LogP contribution in [0.25, 0.3) is 17.0 Å². The maximum absolute atomic E-state index is 13.9. The number of esters is 1. The fourth-order valence-corrected chi connectivity index (χ4v) is 6.18. The molecule has 0 bridgehead atoms. The Kier molecular flexibility index (Phi) is 6.92. The summed E-state index contributed by atoms with van der Waals surface area (Å²) in [6.45, 7) is 2.95. The molecule has 7 nitrogen and oxygen atoms in total. The Morgan fingerprint density at radius 1 is 1.00 bits per heavy atom. The Morgan fingerprint density at radius 2 is 1.70 bits per heavy atom.